The quantitative estimate of drug-likeness (QED) is 0.153. The van der Waals surface area contributed by atoms with E-state index in [9.17, 15) is 4.79 Å². The van der Waals surface area contributed by atoms with Gasteiger partial charge in [0.1, 0.15) is 0 Å². The number of halogens is 1. The first-order valence-corrected chi connectivity index (χ1v) is 12.1. The van der Waals surface area contributed by atoms with Gasteiger partial charge in [0.15, 0.2) is 17.5 Å². The van der Waals surface area contributed by atoms with Crippen LogP contribution >= 0.6 is 24.0 Å². The van der Waals surface area contributed by atoms with Crippen LogP contribution in [0.4, 0.5) is 5.69 Å². The SMILES string of the molecule is I.O=C(CCCN=C(NCCCOCC1CC1)Nc1ccc2c(c1)OCCCO2)NC1CC1. The van der Waals surface area contributed by atoms with Crippen molar-refractivity contribution < 1.29 is 19.0 Å². The molecule has 1 aliphatic heterocycles. The van der Waals surface area contributed by atoms with Crippen LogP contribution in [-0.2, 0) is 9.53 Å². The Hall–Kier alpha value is -1.75. The second kappa shape index (κ2) is 13.8. The molecule has 0 aromatic heterocycles. The Kier molecular flexibility index (Phi) is 10.8. The van der Waals surface area contributed by atoms with Gasteiger partial charge in [-0.1, -0.05) is 0 Å². The molecule has 1 aromatic carbocycles. The molecule has 0 bridgehead atoms. The average Bonchev–Trinajstić information content (AvgIpc) is 3.68. The fourth-order valence-corrected chi connectivity index (χ4v) is 3.39. The van der Waals surface area contributed by atoms with Crippen LogP contribution in [0.2, 0.25) is 0 Å². The van der Waals surface area contributed by atoms with Crippen molar-refractivity contribution in [1.82, 2.24) is 10.6 Å². The summed E-state index contributed by atoms with van der Waals surface area (Å²) in [7, 11) is 0. The molecule has 0 atom stereocenters. The summed E-state index contributed by atoms with van der Waals surface area (Å²) in [6.45, 7) is 4.31. The number of aliphatic imine (C=N–C) groups is 1. The van der Waals surface area contributed by atoms with Crippen LogP contribution in [0, 0.1) is 5.92 Å². The molecule has 1 aromatic rings. The predicted octanol–water partition coefficient (Wildman–Crippen LogP) is 3.70. The number of amides is 1. The van der Waals surface area contributed by atoms with Crippen LogP contribution in [0.3, 0.4) is 0 Å². The zero-order chi connectivity index (χ0) is 22.0. The number of fused-ring (bicyclic) bond motifs is 1. The third-order valence-corrected chi connectivity index (χ3v) is 5.59. The van der Waals surface area contributed by atoms with E-state index in [1.807, 2.05) is 18.2 Å². The van der Waals surface area contributed by atoms with Crippen LogP contribution < -0.4 is 25.4 Å². The maximum Gasteiger partial charge on any atom is 0.220 e. The first kappa shape index (κ1) is 25.9. The van der Waals surface area contributed by atoms with Crippen LogP contribution in [0.15, 0.2) is 23.2 Å². The van der Waals surface area contributed by atoms with Crippen molar-refractivity contribution in [3.05, 3.63) is 18.2 Å². The molecule has 4 rings (SSSR count). The van der Waals surface area contributed by atoms with Gasteiger partial charge in [-0.05, 0) is 56.6 Å². The van der Waals surface area contributed by atoms with Gasteiger partial charge in [0.05, 0.1) is 13.2 Å². The van der Waals surface area contributed by atoms with Gasteiger partial charge in [-0.15, -0.1) is 24.0 Å². The fourth-order valence-electron chi connectivity index (χ4n) is 3.39. The van der Waals surface area contributed by atoms with Crippen LogP contribution in [-0.4, -0.2) is 57.4 Å². The molecule has 0 spiro atoms. The van der Waals surface area contributed by atoms with Crippen LogP contribution in [0.1, 0.15) is 51.4 Å². The zero-order valence-electron chi connectivity index (χ0n) is 19.3. The van der Waals surface area contributed by atoms with E-state index < -0.39 is 0 Å². The summed E-state index contributed by atoms with van der Waals surface area (Å²) in [4.78, 5) is 16.6. The van der Waals surface area contributed by atoms with Crippen molar-refractivity contribution in [2.75, 3.05) is 44.8 Å². The highest BCUT2D eigenvalue weighted by atomic mass is 127. The summed E-state index contributed by atoms with van der Waals surface area (Å²) >= 11 is 0. The number of carbonyl (C=O) groups is 1. The number of guanidine groups is 1. The number of nitrogens with one attached hydrogen (secondary N) is 3. The van der Waals surface area contributed by atoms with Crippen molar-refractivity contribution in [3.8, 4) is 11.5 Å². The van der Waals surface area contributed by atoms with Gasteiger partial charge in [-0.2, -0.15) is 0 Å². The van der Waals surface area contributed by atoms with E-state index in [4.69, 9.17) is 14.2 Å². The van der Waals surface area contributed by atoms with E-state index in [0.29, 0.717) is 38.2 Å². The molecule has 2 saturated carbocycles. The van der Waals surface area contributed by atoms with E-state index in [1.54, 1.807) is 0 Å². The molecular weight excluding hydrogens is 535 g/mol. The number of hydrogen-bond acceptors (Lipinski definition) is 5. The molecular formula is C24H37IN4O4. The summed E-state index contributed by atoms with van der Waals surface area (Å²) in [5, 5.41) is 9.77. The monoisotopic (exact) mass is 572 g/mol. The van der Waals surface area contributed by atoms with Crippen molar-refractivity contribution >= 4 is 41.5 Å². The van der Waals surface area contributed by atoms with Gasteiger partial charge in [0.25, 0.3) is 0 Å². The maximum absolute atomic E-state index is 11.9. The Bertz CT molecular complexity index is 784. The number of hydrogen-bond donors (Lipinski definition) is 3. The number of benzene rings is 1. The van der Waals surface area contributed by atoms with Crippen LogP contribution in [0.5, 0.6) is 11.5 Å². The molecule has 9 heteroatoms. The second-order valence-corrected chi connectivity index (χ2v) is 8.81. The minimum absolute atomic E-state index is 0. The van der Waals surface area contributed by atoms with Crippen molar-refractivity contribution in [2.24, 2.45) is 10.9 Å². The van der Waals surface area contributed by atoms with Crippen molar-refractivity contribution in [2.45, 2.75) is 57.4 Å². The van der Waals surface area contributed by atoms with Gasteiger partial charge in [0.2, 0.25) is 5.91 Å². The van der Waals surface area contributed by atoms with E-state index in [2.05, 4.69) is 20.9 Å². The highest BCUT2D eigenvalue weighted by Gasteiger charge is 2.22. The molecule has 0 radical (unpaired) electrons. The molecule has 33 heavy (non-hydrogen) atoms. The molecule has 3 N–H and O–H groups in total. The lowest BCUT2D eigenvalue weighted by Gasteiger charge is -2.15. The summed E-state index contributed by atoms with van der Waals surface area (Å²) < 4.78 is 17.2. The molecule has 8 nitrogen and oxygen atoms in total. The summed E-state index contributed by atoms with van der Waals surface area (Å²) in [5.74, 6) is 3.13. The minimum atomic E-state index is 0. The standard InChI is InChI=1S/C24H36N4O4.HI/c29-23(27-19-7-8-19)4-1-11-25-24(26-12-2-13-30-17-18-5-6-18)28-20-9-10-21-22(16-20)32-15-3-14-31-21;/h9-10,16,18-19H,1-8,11-15,17H2,(H,27,29)(H2,25,26,28);1H. The number of rotatable bonds is 12. The Morgan fingerprint density at radius 2 is 1.91 bits per heavy atom. The van der Waals surface area contributed by atoms with Gasteiger partial charge >= 0.3 is 0 Å². The van der Waals surface area contributed by atoms with Gasteiger partial charge in [-0.25, -0.2) is 0 Å². The van der Waals surface area contributed by atoms with Gasteiger partial charge in [0, 0.05) is 56.9 Å². The number of carbonyl (C=O) groups excluding carboxylic acids is 1. The number of ether oxygens (including phenoxy) is 3. The van der Waals surface area contributed by atoms with E-state index >= 15 is 0 Å². The number of anilines is 1. The summed E-state index contributed by atoms with van der Waals surface area (Å²) in [5.41, 5.74) is 0.886. The molecule has 1 heterocycles. The fraction of sp³-hybridized carbons (Fsp3) is 0.667. The molecule has 0 unspecified atom stereocenters. The Morgan fingerprint density at radius 3 is 2.70 bits per heavy atom. The first-order valence-electron chi connectivity index (χ1n) is 12.1. The lowest BCUT2D eigenvalue weighted by atomic mass is 10.2. The Labute approximate surface area is 213 Å². The predicted molar refractivity (Wildman–Crippen MR) is 140 cm³/mol. The number of nitrogens with zero attached hydrogens (tertiary/aromatic N) is 1. The average molecular weight is 572 g/mol. The molecule has 2 aliphatic carbocycles. The summed E-state index contributed by atoms with van der Waals surface area (Å²) in [6, 6.07) is 6.24. The normalized spacial score (nSPS) is 17.5. The van der Waals surface area contributed by atoms with E-state index in [1.165, 1.54) is 12.8 Å². The van der Waals surface area contributed by atoms with E-state index in [-0.39, 0.29) is 29.9 Å². The maximum atomic E-state index is 11.9. The topological polar surface area (TPSA) is 93.2 Å². The highest BCUT2D eigenvalue weighted by Crippen LogP contribution is 2.32. The second-order valence-electron chi connectivity index (χ2n) is 8.81. The van der Waals surface area contributed by atoms with Crippen molar-refractivity contribution in [3.63, 3.8) is 0 Å². The lowest BCUT2D eigenvalue weighted by Crippen LogP contribution is -2.32. The van der Waals surface area contributed by atoms with Gasteiger partial charge in [-0.3, -0.25) is 9.79 Å². The zero-order valence-corrected chi connectivity index (χ0v) is 21.6. The molecule has 0 saturated heterocycles. The third-order valence-electron chi connectivity index (χ3n) is 5.59. The minimum Gasteiger partial charge on any atom is -0.490 e. The highest BCUT2D eigenvalue weighted by molar-refractivity contribution is 14.0. The lowest BCUT2D eigenvalue weighted by molar-refractivity contribution is -0.121. The molecule has 3 aliphatic rings. The van der Waals surface area contributed by atoms with Crippen LogP contribution in [0.25, 0.3) is 0 Å². The first-order chi connectivity index (χ1) is 15.8. The largest absolute Gasteiger partial charge is 0.490 e. The Morgan fingerprint density at radius 1 is 1.09 bits per heavy atom. The van der Waals surface area contributed by atoms with Crippen molar-refractivity contribution in [1.29, 1.82) is 0 Å². The third kappa shape index (κ3) is 9.95. The summed E-state index contributed by atoms with van der Waals surface area (Å²) in [6.07, 6.45) is 7.87. The Balaban J connectivity index is 0.00000306. The van der Waals surface area contributed by atoms with E-state index in [0.717, 1.165) is 75.0 Å². The molecule has 1 amide bonds. The smallest absolute Gasteiger partial charge is 0.220 e. The molecule has 184 valence electrons. The van der Waals surface area contributed by atoms with Gasteiger partial charge < -0.3 is 30.2 Å². The molecule has 2 fully saturated rings.